The van der Waals surface area contributed by atoms with Gasteiger partial charge in [-0.05, 0) is 12.1 Å². The number of hydrogen-bond donors (Lipinski definition) is 1. The number of para-hydroxylation sites is 1. The molecule has 7 heteroatoms. The predicted octanol–water partition coefficient (Wildman–Crippen LogP) is 0.222. The van der Waals surface area contributed by atoms with E-state index < -0.39 is 19.2 Å². The largest absolute Gasteiger partial charge is 0.759 e. The van der Waals surface area contributed by atoms with Crippen molar-refractivity contribution in [2.24, 2.45) is 0 Å². The third-order valence-electron chi connectivity index (χ3n) is 1.20. The minimum Gasteiger partial charge on any atom is -0.759 e. The Bertz CT molecular complexity index is 400. The van der Waals surface area contributed by atoms with E-state index in [0.29, 0.717) is 0 Å². The highest BCUT2D eigenvalue weighted by atomic mass is 33.2. The molecule has 0 aliphatic rings. The van der Waals surface area contributed by atoms with Crippen LogP contribution in [0.4, 0.5) is 5.69 Å². The fraction of sp³-hybridized carbons (Fsp3) is 0. The van der Waals surface area contributed by atoms with E-state index in [1.54, 1.807) is 18.2 Å². The van der Waals surface area contributed by atoms with E-state index >= 15 is 0 Å². The number of hydrogen-bond acceptors (Lipinski definition) is 4. The molecule has 1 N–H and O–H groups in total. The summed E-state index contributed by atoms with van der Waals surface area (Å²) in [5, 5.41) is 0. The zero-order valence-corrected chi connectivity index (χ0v) is 7.97. The van der Waals surface area contributed by atoms with Crippen LogP contribution in [0.25, 0.3) is 0 Å². The quantitative estimate of drug-likeness (QED) is 0.583. The molecule has 1 rings (SSSR count). The van der Waals surface area contributed by atoms with Crippen molar-refractivity contribution in [2.75, 3.05) is 4.72 Å². The first-order chi connectivity index (χ1) is 6.02. The van der Waals surface area contributed by atoms with Gasteiger partial charge in [0.05, 0.1) is 10.1 Å². The molecular weight excluding hydrogens is 214 g/mol. The minimum absolute atomic E-state index is 0.215. The van der Waals surface area contributed by atoms with Gasteiger partial charge in [0.25, 0.3) is 0 Å². The van der Waals surface area contributed by atoms with Crippen molar-refractivity contribution in [3.63, 3.8) is 0 Å². The van der Waals surface area contributed by atoms with Gasteiger partial charge in [0.2, 0.25) is 0 Å². The van der Waals surface area contributed by atoms with Crippen LogP contribution in [-0.4, -0.2) is 17.2 Å². The van der Waals surface area contributed by atoms with E-state index in [9.17, 15) is 17.2 Å². The lowest BCUT2D eigenvalue weighted by Gasteiger charge is -2.08. The van der Waals surface area contributed by atoms with Gasteiger partial charge in [-0.2, -0.15) is 8.42 Å². The van der Waals surface area contributed by atoms with E-state index in [1.807, 2.05) is 4.72 Å². The van der Waals surface area contributed by atoms with Gasteiger partial charge >= 0.3 is 9.06 Å². The molecule has 0 fully saturated rings. The van der Waals surface area contributed by atoms with Crippen molar-refractivity contribution in [1.29, 1.82) is 0 Å². The molecule has 0 bridgehead atoms. The smallest absolute Gasteiger partial charge is 0.302 e. The molecule has 0 radical (unpaired) electrons. The molecule has 72 valence electrons. The van der Waals surface area contributed by atoms with Gasteiger partial charge in [0.15, 0.2) is 0 Å². The van der Waals surface area contributed by atoms with Crippen LogP contribution in [-0.2, 0) is 19.2 Å². The summed E-state index contributed by atoms with van der Waals surface area (Å²) in [6, 6.07) is 7.76. The molecule has 1 aromatic rings. The molecule has 0 spiro atoms. The maximum Gasteiger partial charge on any atom is 0.302 e. The third-order valence-corrected chi connectivity index (χ3v) is 3.36. The van der Waals surface area contributed by atoms with Crippen molar-refractivity contribution in [3.8, 4) is 0 Å². The summed E-state index contributed by atoms with van der Waals surface area (Å²) in [5.41, 5.74) is 0.215. The van der Waals surface area contributed by atoms with Crippen LogP contribution in [0.5, 0.6) is 0 Å². The summed E-state index contributed by atoms with van der Waals surface area (Å²) in [6.45, 7) is 0. The summed E-state index contributed by atoms with van der Waals surface area (Å²) in [7, 11) is -7.45. The normalized spacial score (nSPS) is 13.6. The lowest BCUT2D eigenvalue weighted by atomic mass is 10.3. The molecule has 13 heavy (non-hydrogen) atoms. The van der Waals surface area contributed by atoms with Crippen LogP contribution in [0.1, 0.15) is 0 Å². The van der Waals surface area contributed by atoms with Crippen LogP contribution >= 0.6 is 0 Å². The second-order valence-electron chi connectivity index (χ2n) is 2.13. The lowest BCUT2D eigenvalue weighted by molar-refractivity contribution is 0.541. The molecule has 0 heterocycles. The number of benzene rings is 1. The third kappa shape index (κ3) is 2.79. The average molecular weight is 220 g/mol. The second-order valence-corrected chi connectivity index (χ2v) is 5.78. The lowest BCUT2D eigenvalue weighted by Crippen LogP contribution is -2.17. The Morgan fingerprint density at radius 1 is 1.23 bits per heavy atom. The van der Waals surface area contributed by atoms with Crippen molar-refractivity contribution >= 4 is 24.9 Å². The minimum atomic E-state index is -4.28. The molecule has 1 atom stereocenters. The Morgan fingerprint density at radius 2 is 1.77 bits per heavy atom. The number of anilines is 1. The monoisotopic (exact) mass is 220 g/mol. The predicted molar refractivity (Wildman–Crippen MR) is 47.9 cm³/mol. The summed E-state index contributed by atoms with van der Waals surface area (Å²) in [4.78, 5) is 0. The molecule has 0 aliphatic heterocycles. The highest BCUT2D eigenvalue weighted by Gasteiger charge is 2.09. The molecule has 1 unspecified atom stereocenters. The maximum atomic E-state index is 10.8. The van der Waals surface area contributed by atoms with Gasteiger partial charge in [-0.1, -0.05) is 18.2 Å². The van der Waals surface area contributed by atoms with Gasteiger partial charge < -0.3 is 4.55 Å². The molecule has 5 nitrogen and oxygen atoms in total. The SMILES string of the molecule is O=S([O-])S(=O)(=O)Nc1ccccc1. The van der Waals surface area contributed by atoms with E-state index in [1.165, 1.54) is 12.1 Å². The molecule has 1 aromatic carbocycles. The van der Waals surface area contributed by atoms with Crippen LogP contribution < -0.4 is 4.72 Å². The van der Waals surface area contributed by atoms with E-state index in [2.05, 4.69) is 0 Å². The van der Waals surface area contributed by atoms with Crippen molar-refractivity contribution in [2.45, 2.75) is 0 Å². The summed E-state index contributed by atoms with van der Waals surface area (Å²) in [5.74, 6) is 0. The summed E-state index contributed by atoms with van der Waals surface area (Å²) >= 11 is 0. The molecule has 0 saturated carbocycles. The van der Waals surface area contributed by atoms with Gasteiger partial charge in [-0.25, -0.2) is 0 Å². The fourth-order valence-electron chi connectivity index (χ4n) is 0.685. The van der Waals surface area contributed by atoms with Crippen molar-refractivity contribution < 1.29 is 17.2 Å². The zero-order chi connectivity index (χ0) is 9.90. The van der Waals surface area contributed by atoms with Gasteiger partial charge in [0, 0.05) is 5.69 Å². The molecule has 0 aromatic heterocycles. The fourth-order valence-corrected chi connectivity index (χ4v) is 1.67. The van der Waals surface area contributed by atoms with Crippen LogP contribution in [0.2, 0.25) is 0 Å². The van der Waals surface area contributed by atoms with Crippen molar-refractivity contribution in [3.05, 3.63) is 30.3 Å². The number of rotatable bonds is 3. The summed E-state index contributed by atoms with van der Waals surface area (Å²) < 4.78 is 43.8. The van der Waals surface area contributed by atoms with Gasteiger partial charge in [-0.3, -0.25) is 8.93 Å². The average Bonchev–Trinajstić information content (AvgIpc) is 2.05. The Morgan fingerprint density at radius 3 is 2.23 bits per heavy atom. The van der Waals surface area contributed by atoms with Crippen LogP contribution in [0.3, 0.4) is 0 Å². The second kappa shape index (κ2) is 3.86. The molecule has 0 amide bonds. The maximum absolute atomic E-state index is 10.8. The van der Waals surface area contributed by atoms with Crippen molar-refractivity contribution in [1.82, 2.24) is 0 Å². The van der Waals surface area contributed by atoms with Crippen LogP contribution in [0, 0.1) is 0 Å². The first-order valence-corrected chi connectivity index (χ1v) is 6.27. The van der Waals surface area contributed by atoms with E-state index in [4.69, 9.17) is 0 Å². The molecule has 0 saturated heterocycles. The first kappa shape index (κ1) is 10.2. The highest BCUT2D eigenvalue weighted by Crippen LogP contribution is 2.08. The van der Waals surface area contributed by atoms with Gasteiger partial charge in [-0.15, -0.1) is 0 Å². The zero-order valence-electron chi connectivity index (χ0n) is 6.34. The number of nitrogens with one attached hydrogen (secondary N) is 1. The van der Waals surface area contributed by atoms with Gasteiger partial charge in [0.1, 0.15) is 0 Å². The van der Waals surface area contributed by atoms with E-state index in [0.717, 1.165) is 0 Å². The standard InChI is InChI=1S/C6H7NO4S2/c8-12(9)13(10,11)7-6-4-2-1-3-5-6/h1-5,7H,(H,8,9)/p-1. The molecule has 0 aliphatic carbocycles. The Hall–Kier alpha value is -0.920. The van der Waals surface area contributed by atoms with Crippen LogP contribution in [0.15, 0.2) is 30.3 Å². The Kier molecular flexibility index (Phi) is 3.02. The Labute approximate surface area is 77.5 Å². The topological polar surface area (TPSA) is 86.3 Å². The van der Waals surface area contributed by atoms with E-state index in [-0.39, 0.29) is 5.69 Å². The Balaban J connectivity index is 2.88. The molecular formula is C6H6NO4S2-. The summed E-state index contributed by atoms with van der Waals surface area (Å²) in [6.07, 6.45) is 0. The highest BCUT2D eigenvalue weighted by molar-refractivity contribution is 8.62. The first-order valence-electron chi connectivity index (χ1n) is 3.20.